The van der Waals surface area contributed by atoms with Crippen LogP contribution in [0, 0.1) is 0 Å². The first-order chi connectivity index (χ1) is 7.92. The number of aromatic carboxylic acids is 1. The van der Waals surface area contributed by atoms with Gasteiger partial charge in [-0.2, -0.15) is 0 Å². The van der Waals surface area contributed by atoms with Gasteiger partial charge in [-0.15, -0.1) is 0 Å². The number of carboxylic acid groups (broad SMARTS) is 1. The molecule has 1 aromatic rings. The molecule has 1 rings (SSSR count). The Hall–Kier alpha value is -1.56. The van der Waals surface area contributed by atoms with Gasteiger partial charge >= 0.3 is 5.97 Å². The summed E-state index contributed by atoms with van der Waals surface area (Å²) in [4.78, 5) is 10.7. The van der Waals surface area contributed by atoms with E-state index in [-0.39, 0.29) is 11.3 Å². The van der Waals surface area contributed by atoms with Crippen LogP contribution < -0.4 is 4.31 Å². The van der Waals surface area contributed by atoms with E-state index in [9.17, 15) is 13.2 Å². The molecule has 0 unspecified atom stereocenters. The van der Waals surface area contributed by atoms with Gasteiger partial charge in [0.1, 0.15) is 0 Å². The van der Waals surface area contributed by atoms with E-state index in [4.69, 9.17) is 5.11 Å². The van der Waals surface area contributed by atoms with Crippen molar-refractivity contribution in [2.24, 2.45) is 0 Å². The fraction of sp³-hybridized carbons (Fsp3) is 0.364. The second-order valence-electron chi connectivity index (χ2n) is 3.42. The summed E-state index contributed by atoms with van der Waals surface area (Å²) in [5.74, 6) is -1.01. The van der Waals surface area contributed by atoms with Crippen LogP contribution >= 0.6 is 0 Å². The third-order valence-corrected chi connectivity index (χ3v) is 4.26. The molecule has 0 aromatic heterocycles. The molecule has 0 heterocycles. The minimum atomic E-state index is -3.31. The van der Waals surface area contributed by atoms with Crippen LogP contribution in [0.5, 0.6) is 0 Å². The van der Waals surface area contributed by atoms with Gasteiger partial charge in [0.05, 0.1) is 17.0 Å². The summed E-state index contributed by atoms with van der Waals surface area (Å²) in [7, 11) is -3.31. The molecule has 0 aliphatic heterocycles. The first kappa shape index (κ1) is 13.5. The van der Waals surface area contributed by atoms with Crippen molar-refractivity contribution in [2.45, 2.75) is 13.8 Å². The van der Waals surface area contributed by atoms with Gasteiger partial charge < -0.3 is 5.11 Å². The van der Waals surface area contributed by atoms with Crippen LogP contribution in [-0.4, -0.2) is 31.8 Å². The molecule has 0 saturated heterocycles. The molecule has 1 N–H and O–H groups in total. The van der Waals surface area contributed by atoms with Gasteiger partial charge in [0.25, 0.3) is 0 Å². The lowest BCUT2D eigenvalue weighted by Crippen LogP contribution is -2.32. The van der Waals surface area contributed by atoms with Crippen molar-refractivity contribution in [1.29, 1.82) is 0 Å². The second kappa shape index (κ2) is 5.18. The molecule has 0 aliphatic rings. The minimum Gasteiger partial charge on any atom is -0.478 e. The van der Waals surface area contributed by atoms with Crippen LogP contribution in [0.4, 0.5) is 5.69 Å². The maximum atomic E-state index is 11.8. The van der Waals surface area contributed by atoms with Crippen LogP contribution in [0.25, 0.3) is 0 Å². The van der Waals surface area contributed by atoms with E-state index in [0.29, 0.717) is 12.2 Å². The summed E-state index contributed by atoms with van der Waals surface area (Å²) >= 11 is 0. The molecule has 5 nitrogen and oxygen atoms in total. The molecule has 0 saturated carbocycles. The van der Waals surface area contributed by atoms with Crippen LogP contribution in [0.2, 0.25) is 0 Å². The molecule has 6 heteroatoms. The van der Waals surface area contributed by atoms with Crippen LogP contribution in [0.3, 0.4) is 0 Å². The molecule has 0 amide bonds. The lowest BCUT2D eigenvalue weighted by Gasteiger charge is -2.22. The van der Waals surface area contributed by atoms with E-state index < -0.39 is 16.0 Å². The van der Waals surface area contributed by atoms with Crippen molar-refractivity contribution < 1.29 is 18.3 Å². The van der Waals surface area contributed by atoms with E-state index in [1.807, 2.05) is 0 Å². The zero-order valence-electron chi connectivity index (χ0n) is 9.75. The number of carbonyl (C=O) groups is 1. The van der Waals surface area contributed by atoms with Crippen molar-refractivity contribution in [3.8, 4) is 0 Å². The van der Waals surface area contributed by atoms with E-state index in [0.717, 1.165) is 0 Å². The van der Waals surface area contributed by atoms with E-state index in [1.54, 1.807) is 13.8 Å². The zero-order valence-corrected chi connectivity index (χ0v) is 10.6. The van der Waals surface area contributed by atoms with E-state index in [2.05, 4.69) is 0 Å². The molecule has 0 atom stereocenters. The fourth-order valence-corrected chi connectivity index (χ4v) is 2.61. The highest BCUT2D eigenvalue weighted by Crippen LogP contribution is 2.18. The smallest absolute Gasteiger partial charge is 0.335 e. The molecule has 0 spiro atoms. The number of carboxylic acids is 1. The SMILES string of the molecule is CCN(c1ccc(C(=O)O)cc1)S(=O)(=O)CC. The lowest BCUT2D eigenvalue weighted by molar-refractivity contribution is 0.0697. The van der Waals surface area contributed by atoms with Gasteiger partial charge in [-0.25, -0.2) is 13.2 Å². The first-order valence-electron chi connectivity index (χ1n) is 5.26. The van der Waals surface area contributed by atoms with E-state index >= 15 is 0 Å². The van der Waals surface area contributed by atoms with E-state index in [1.165, 1.54) is 28.6 Å². The predicted molar refractivity (Wildman–Crippen MR) is 65.9 cm³/mol. The normalized spacial score (nSPS) is 11.2. The topological polar surface area (TPSA) is 74.7 Å². The Kier molecular flexibility index (Phi) is 4.11. The maximum Gasteiger partial charge on any atom is 0.335 e. The number of benzene rings is 1. The fourth-order valence-electron chi connectivity index (χ4n) is 1.47. The minimum absolute atomic E-state index is 0.0154. The average Bonchev–Trinajstić information content (AvgIpc) is 2.30. The molecule has 94 valence electrons. The first-order valence-corrected chi connectivity index (χ1v) is 6.87. The molecule has 0 fully saturated rings. The molecule has 0 bridgehead atoms. The summed E-state index contributed by atoms with van der Waals surface area (Å²) in [6, 6.07) is 5.79. The maximum absolute atomic E-state index is 11.8. The molecule has 0 radical (unpaired) electrons. The van der Waals surface area contributed by atoms with Crippen LogP contribution in [0.15, 0.2) is 24.3 Å². The standard InChI is InChI=1S/C11H15NO4S/c1-3-12(17(15,16)4-2)10-7-5-9(6-8-10)11(13)14/h5-8H,3-4H2,1-2H3,(H,13,14). The Bertz CT molecular complexity index is 493. The van der Waals surface area contributed by atoms with Crippen molar-refractivity contribution in [3.63, 3.8) is 0 Å². The molecular weight excluding hydrogens is 242 g/mol. The van der Waals surface area contributed by atoms with Crippen molar-refractivity contribution in [2.75, 3.05) is 16.6 Å². The summed E-state index contributed by atoms with van der Waals surface area (Å²) in [6.45, 7) is 3.63. The number of hydrogen-bond acceptors (Lipinski definition) is 3. The Balaban J connectivity index is 3.10. The highest BCUT2D eigenvalue weighted by molar-refractivity contribution is 7.92. The summed E-state index contributed by atoms with van der Waals surface area (Å²) in [5.41, 5.74) is 0.623. The van der Waals surface area contributed by atoms with Gasteiger partial charge in [-0.3, -0.25) is 4.31 Å². The van der Waals surface area contributed by atoms with Crippen LogP contribution in [-0.2, 0) is 10.0 Å². The third kappa shape index (κ3) is 2.97. The van der Waals surface area contributed by atoms with Crippen LogP contribution in [0.1, 0.15) is 24.2 Å². The van der Waals surface area contributed by atoms with Gasteiger partial charge in [-0.05, 0) is 38.1 Å². The van der Waals surface area contributed by atoms with Gasteiger partial charge in [0.2, 0.25) is 10.0 Å². The molecule has 17 heavy (non-hydrogen) atoms. The van der Waals surface area contributed by atoms with Crippen molar-refractivity contribution in [3.05, 3.63) is 29.8 Å². The van der Waals surface area contributed by atoms with Crippen molar-refractivity contribution >= 4 is 21.7 Å². The summed E-state index contributed by atoms with van der Waals surface area (Å²) < 4.78 is 24.8. The highest BCUT2D eigenvalue weighted by atomic mass is 32.2. The largest absolute Gasteiger partial charge is 0.478 e. The quantitative estimate of drug-likeness (QED) is 0.868. The Morgan fingerprint density at radius 2 is 1.76 bits per heavy atom. The van der Waals surface area contributed by atoms with Crippen molar-refractivity contribution in [1.82, 2.24) is 0 Å². The number of anilines is 1. The Morgan fingerprint density at radius 3 is 2.12 bits per heavy atom. The zero-order chi connectivity index (χ0) is 13.1. The molecular formula is C11H15NO4S. The van der Waals surface area contributed by atoms with Gasteiger partial charge in [0.15, 0.2) is 0 Å². The molecule has 0 aliphatic carbocycles. The number of rotatable bonds is 5. The summed E-state index contributed by atoms with van der Waals surface area (Å²) in [5, 5.41) is 8.75. The average molecular weight is 257 g/mol. The Morgan fingerprint density at radius 1 is 1.24 bits per heavy atom. The second-order valence-corrected chi connectivity index (χ2v) is 5.60. The number of hydrogen-bond donors (Lipinski definition) is 1. The predicted octanol–water partition coefficient (Wildman–Crippen LogP) is 1.56. The lowest BCUT2D eigenvalue weighted by atomic mass is 10.2. The number of sulfonamides is 1. The highest BCUT2D eigenvalue weighted by Gasteiger charge is 2.18. The van der Waals surface area contributed by atoms with Gasteiger partial charge in [0, 0.05) is 6.54 Å². The summed E-state index contributed by atoms with van der Waals surface area (Å²) in [6.07, 6.45) is 0. The monoisotopic (exact) mass is 257 g/mol. The third-order valence-electron chi connectivity index (χ3n) is 2.39. The Labute approximate surface area is 101 Å². The molecule has 1 aromatic carbocycles. The van der Waals surface area contributed by atoms with Gasteiger partial charge in [-0.1, -0.05) is 0 Å². The number of nitrogens with zero attached hydrogens (tertiary/aromatic N) is 1.